The number of rotatable bonds is 4. The summed E-state index contributed by atoms with van der Waals surface area (Å²) in [5.41, 5.74) is 0. The Morgan fingerprint density at radius 3 is 2.80 bits per heavy atom. The molecule has 0 aliphatic rings. The highest BCUT2D eigenvalue weighted by Crippen LogP contribution is 2.24. The summed E-state index contributed by atoms with van der Waals surface area (Å²) in [6.07, 6.45) is 3.00. The molecular formula is C10H11BrN2S2. The second-order valence-electron chi connectivity index (χ2n) is 3.04. The van der Waals surface area contributed by atoms with Gasteiger partial charge in [-0.15, -0.1) is 22.7 Å². The van der Waals surface area contributed by atoms with E-state index in [0.717, 1.165) is 18.1 Å². The van der Waals surface area contributed by atoms with Gasteiger partial charge in [0.15, 0.2) is 5.13 Å². The summed E-state index contributed by atoms with van der Waals surface area (Å²) in [6.45, 7) is 3.00. The number of hydrogen-bond donors (Lipinski definition) is 1. The van der Waals surface area contributed by atoms with Crippen LogP contribution in [-0.2, 0) is 13.0 Å². The van der Waals surface area contributed by atoms with E-state index in [2.05, 4.69) is 45.3 Å². The lowest BCUT2D eigenvalue weighted by molar-refractivity contribution is 1.15. The summed E-state index contributed by atoms with van der Waals surface area (Å²) < 4.78 is 1.17. The molecule has 5 heteroatoms. The number of hydrogen-bond acceptors (Lipinski definition) is 4. The number of thiophene rings is 1. The highest BCUT2D eigenvalue weighted by Gasteiger charge is 2.01. The largest absolute Gasteiger partial charge is 0.357 e. The first-order valence-corrected chi connectivity index (χ1v) is 7.13. The van der Waals surface area contributed by atoms with Crippen LogP contribution in [0.4, 0.5) is 5.13 Å². The normalized spacial score (nSPS) is 10.5. The van der Waals surface area contributed by atoms with Crippen molar-refractivity contribution in [3.05, 3.63) is 31.9 Å². The van der Waals surface area contributed by atoms with E-state index in [0.29, 0.717) is 0 Å². The first kappa shape index (κ1) is 11.1. The Morgan fingerprint density at radius 2 is 2.20 bits per heavy atom. The van der Waals surface area contributed by atoms with E-state index in [1.54, 1.807) is 22.7 Å². The second-order valence-corrected chi connectivity index (χ2v) is 6.71. The number of nitrogens with zero attached hydrogens (tertiary/aromatic N) is 1. The Kier molecular flexibility index (Phi) is 3.77. The number of halogens is 1. The quantitative estimate of drug-likeness (QED) is 0.918. The molecule has 2 nitrogen and oxygen atoms in total. The number of thiazole rings is 1. The lowest BCUT2D eigenvalue weighted by Gasteiger charge is -1.98. The summed E-state index contributed by atoms with van der Waals surface area (Å²) in [4.78, 5) is 6.95. The monoisotopic (exact) mass is 302 g/mol. The molecule has 80 valence electrons. The molecule has 0 aliphatic carbocycles. The Labute approximate surface area is 106 Å². The van der Waals surface area contributed by atoms with Crippen molar-refractivity contribution in [3.63, 3.8) is 0 Å². The summed E-state index contributed by atoms with van der Waals surface area (Å²) in [6, 6.07) is 4.19. The van der Waals surface area contributed by atoms with Gasteiger partial charge in [0.05, 0.1) is 10.3 Å². The van der Waals surface area contributed by atoms with Gasteiger partial charge in [-0.3, -0.25) is 0 Å². The topological polar surface area (TPSA) is 24.9 Å². The molecule has 0 amide bonds. The van der Waals surface area contributed by atoms with Gasteiger partial charge in [-0.2, -0.15) is 0 Å². The summed E-state index contributed by atoms with van der Waals surface area (Å²) in [7, 11) is 0. The zero-order chi connectivity index (χ0) is 10.7. The summed E-state index contributed by atoms with van der Waals surface area (Å²) in [5.74, 6) is 0. The first-order valence-electron chi connectivity index (χ1n) is 4.70. The van der Waals surface area contributed by atoms with E-state index in [-0.39, 0.29) is 0 Å². The standard InChI is InChI=1S/C10H11BrN2S2/c1-2-7-5-12-10(15-7)13-6-8-3-4-9(11)14-8/h3-5H,2,6H2,1H3,(H,12,13). The van der Waals surface area contributed by atoms with E-state index >= 15 is 0 Å². The molecule has 15 heavy (non-hydrogen) atoms. The van der Waals surface area contributed by atoms with Crippen LogP contribution in [0.1, 0.15) is 16.7 Å². The lowest BCUT2D eigenvalue weighted by Crippen LogP contribution is -1.95. The zero-order valence-corrected chi connectivity index (χ0v) is 11.5. The number of aryl methyl sites for hydroxylation is 1. The Morgan fingerprint density at radius 1 is 1.33 bits per heavy atom. The predicted molar refractivity (Wildman–Crippen MR) is 70.8 cm³/mol. The molecule has 1 N–H and O–H groups in total. The molecule has 0 atom stereocenters. The van der Waals surface area contributed by atoms with E-state index in [1.807, 2.05) is 6.20 Å². The summed E-state index contributed by atoms with van der Waals surface area (Å²) >= 11 is 6.93. The van der Waals surface area contributed by atoms with Crippen LogP contribution < -0.4 is 5.32 Å². The molecule has 0 aliphatic heterocycles. The van der Waals surface area contributed by atoms with Gasteiger partial charge in [-0.25, -0.2) is 4.98 Å². The van der Waals surface area contributed by atoms with Crippen LogP contribution in [-0.4, -0.2) is 4.98 Å². The number of anilines is 1. The van der Waals surface area contributed by atoms with Gasteiger partial charge in [-0.1, -0.05) is 6.92 Å². The molecule has 0 saturated carbocycles. The molecule has 0 saturated heterocycles. The van der Waals surface area contributed by atoms with Crippen molar-refractivity contribution < 1.29 is 0 Å². The van der Waals surface area contributed by atoms with Crippen LogP contribution in [0.3, 0.4) is 0 Å². The maximum atomic E-state index is 4.31. The van der Waals surface area contributed by atoms with Crippen LogP contribution in [0, 0.1) is 0 Å². The molecule has 0 spiro atoms. The molecule has 2 rings (SSSR count). The predicted octanol–water partition coefficient (Wildman–Crippen LogP) is 4.14. The lowest BCUT2D eigenvalue weighted by atomic mass is 10.4. The van der Waals surface area contributed by atoms with Crippen LogP contribution in [0.25, 0.3) is 0 Å². The molecule has 2 heterocycles. The third kappa shape index (κ3) is 3.03. The number of aromatic nitrogens is 1. The van der Waals surface area contributed by atoms with Crippen LogP contribution in [0.15, 0.2) is 22.1 Å². The van der Waals surface area contributed by atoms with Crippen molar-refractivity contribution in [2.45, 2.75) is 19.9 Å². The Bertz CT molecular complexity index is 436. The zero-order valence-electron chi connectivity index (χ0n) is 8.29. The van der Waals surface area contributed by atoms with Crippen molar-refractivity contribution in [2.75, 3.05) is 5.32 Å². The Balaban J connectivity index is 1.93. The molecule has 0 unspecified atom stereocenters. The van der Waals surface area contributed by atoms with Crippen molar-refractivity contribution in [1.29, 1.82) is 0 Å². The van der Waals surface area contributed by atoms with Crippen LogP contribution >= 0.6 is 38.6 Å². The van der Waals surface area contributed by atoms with Crippen molar-refractivity contribution in [1.82, 2.24) is 4.98 Å². The van der Waals surface area contributed by atoms with E-state index in [1.165, 1.54) is 13.5 Å². The van der Waals surface area contributed by atoms with Gasteiger partial charge in [0, 0.05) is 16.0 Å². The minimum absolute atomic E-state index is 0.854. The fraction of sp³-hybridized carbons (Fsp3) is 0.300. The van der Waals surface area contributed by atoms with Gasteiger partial charge in [0.1, 0.15) is 0 Å². The average Bonchev–Trinajstić information content (AvgIpc) is 2.83. The molecule has 2 aromatic rings. The van der Waals surface area contributed by atoms with Gasteiger partial charge in [0.25, 0.3) is 0 Å². The van der Waals surface area contributed by atoms with Crippen molar-refractivity contribution in [3.8, 4) is 0 Å². The van der Waals surface area contributed by atoms with Crippen LogP contribution in [0.5, 0.6) is 0 Å². The number of nitrogens with one attached hydrogen (secondary N) is 1. The van der Waals surface area contributed by atoms with Gasteiger partial charge in [0.2, 0.25) is 0 Å². The molecule has 0 aromatic carbocycles. The van der Waals surface area contributed by atoms with E-state index < -0.39 is 0 Å². The van der Waals surface area contributed by atoms with Gasteiger partial charge in [-0.05, 0) is 34.5 Å². The molecule has 0 radical (unpaired) electrons. The van der Waals surface area contributed by atoms with Crippen molar-refractivity contribution >= 4 is 43.7 Å². The van der Waals surface area contributed by atoms with Gasteiger partial charge < -0.3 is 5.32 Å². The molecular weight excluding hydrogens is 292 g/mol. The maximum absolute atomic E-state index is 4.31. The van der Waals surface area contributed by atoms with E-state index in [9.17, 15) is 0 Å². The Hall–Kier alpha value is -0.390. The second kappa shape index (κ2) is 5.09. The third-order valence-electron chi connectivity index (χ3n) is 1.94. The molecule has 0 fully saturated rings. The highest BCUT2D eigenvalue weighted by molar-refractivity contribution is 9.11. The summed E-state index contributed by atoms with van der Waals surface area (Å²) in [5, 5.41) is 4.34. The fourth-order valence-corrected chi connectivity index (χ4v) is 3.33. The van der Waals surface area contributed by atoms with Crippen LogP contribution in [0.2, 0.25) is 0 Å². The fourth-order valence-electron chi connectivity index (χ4n) is 1.16. The molecule has 0 bridgehead atoms. The highest BCUT2D eigenvalue weighted by atomic mass is 79.9. The SMILES string of the molecule is CCc1cnc(NCc2ccc(Br)s2)s1. The third-order valence-corrected chi connectivity index (χ3v) is 4.67. The molecule has 2 aromatic heterocycles. The smallest absolute Gasteiger partial charge is 0.183 e. The van der Waals surface area contributed by atoms with E-state index in [4.69, 9.17) is 0 Å². The minimum atomic E-state index is 0.854. The average molecular weight is 303 g/mol. The maximum Gasteiger partial charge on any atom is 0.183 e. The first-order chi connectivity index (χ1) is 7.28. The van der Waals surface area contributed by atoms with Crippen molar-refractivity contribution in [2.24, 2.45) is 0 Å². The minimum Gasteiger partial charge on any atom is -0.357 e. The van der Waals surface area contributed by atoms with Gasteiger partial charge >= 0.3 is 0 Å².